The second-order valence-electron chi connectivity index (χ2n) is 4.43. The summed E-state index contributed by atoms with van der Waals surface area (Å²) in [5, 5.41) is 0. The van der Waals surface area contributed by atoms with E-state index in [1.165, 1.54) is 22.1 Å². The molecule has 0 saturated carbocycles. The van der Waals surface area contributed by atoms with Crippen LogP contribution in [0.5, 0.6) is 0 Å². The lowest BCUT2D eigenvalue weighted by Gasteiger charge is -2.12. The van der Waals surface area contributed by atoms with Gasteiger partial charge in [-0.05, 0) is 19.3 Å². The first-order valence-electron chi connectivity index (χ1n) is 5.67. The molecule has 0 aliphatic rings. The first kappa shape index (κ1) is 12.1. The molecule has 1 aromatic carbocycles. The third kappa shape index (κ3) is 3.26. The van der Waals surface area contributed by atoms with Crippen LogP contribution in [0.3, 0.4) is 0 Å². The van der Waals surface area contributed by atoms with Crippen LogP contribution in [0, 0.1) is 12.8 Å². The van der Waals surface area contributed by atoms with Crippen molar-refractivity contribution >= 4 is 12.7 Å². The Labute approximate surface area is 94.6 Å². The van der Waals surface area contributed by atoms with E-state index in [0.29, 0.717) is 5.92 Å². The maximum Gasteiger partial charge on any atom is 0.185 e. The first-order chi connectivity index (χ1) is 7.04. The van der Waals surface area contributed by atoms with Gasteiger partial charge in [0.25, 0.3) is 0 Å². The van der Waals surface area contributed by atoms with Crippen molar-refractivity contribution in [1.29, 1.82) is 0 Å². The van der Waals surface area contributed by atoms with E-state index in [9.17, 15) is 0 Å². The number of benzene rings is 1. The van der Waals surface area contributed by atoms with Gasteiger partial charge in [-0.25, -0.2) is 0 Å². The van der Waals surface area contributed by atoms with Crippen LogP contribution in [0.25, 0.3) is 0 Å². The van der Waals surface area contributed by atoms with Crippen LogP contribution in [0.1, 0.15) is 31.9 Å². The summed E-state index contributed by atoms with van der Waals surface area (Å²) in [6.07, 6.45) is 1.08. The van der Waals surface area contributed by atoms with E-state index >= 15 is 0 Å². The van der Waals surface area contributed by atoms with E-state index in [4.69, 9.17) is 0 Å². The van der Waals surface area contributed by atoms with Crippen LogP contribution >= 0.6 is 0 Å². The minimum Gasteiger partial charge on any atom is -0.109 e. The molecule has 1 heteroatoms. The van der Waals surface area contributed by atoms with Crippen molar-refractivity contribution in [3.05, 3.63) is 41.4 Å². The summed E-state index contributed by atoms with van der Waals surface area (Å²) in [4.78, 5) is 0. The van der Waals surface area contributed by atoms with E-state index < -0.39 is 0 Å². The Balaban J connectivity index is 2.92. The van der Waals surface area contributed by atoms with E-state index in [0.717, 1.165) is 6.42 Å². The molecule has 0 unspecified atom stereocenters. The molecule has 0 aliphatic heterocycles. The van der Waals surface area contributed by atoms with Crippen LogP contribution in [-0.2, 0) is 6.42 Å². The smallest absolute Gasteiger partial charge is 0.109 e. The highest BCUT2D eigenvalue weighted by molar-refractivity contribution is 6.61. The van der Waals surface area contributed by atoms with Gasteiger partial charge in [-0.2, -0.15) is 0 Å². The summed E-state index contributed by atoms with van der Waals surface area (Å²) >= 11 is 0. The molecular formula is C14H20B. The Morgan fingerprint density at radius 1 is 1.40 bits per heavy atom. The molecule has 0 nitrogen and oxygen atoms in total. The second kappa shape index (κ2) is 5.20. The van der Waals surface area contributed by atoms with Gasteiger partial charge in [0.15, 0.2) is 7.28 Å². The summed E-state index contributed by atoms with van der Waals surface area (Å²) in [7, 11) is 2.22. The zero-order chi connectivity index (χ0) is 11.4. The molecule has 0 spiro atoms. The largest absolute Gasteiger partial charge is 0.185 e. The lowest BCUT2D eigenvalue weighted by molar-refractivity contribution is 0.814. The topological polar surface area (TPSA) is 0 Å². The van der Waals surface area contributed by atoms with Gasteiger partial charge in [-0.1, -0.05) is 55.6 Å². The standard InChI is InChI=1S/C14H20B/c1-6-13-8-7-11(4)9-14(13)15-12(5)10(2)3/h7-10H,5-6H2,1-4H3. The van der Waals surface area contributed by atoms with Crippen molar-refractivity contribution in [2.45, 2.75) is 34.1 Å². The van der Waals surface area contributed by atoms with E-state index in [2.05, 4.69) is 59.8 Å². The van der Waals surface area contributed by atoms with Gasteiger partial charge in [0, 0.05) is 0 Å². The third-order valence-corrected chi connectivity index (χ3v) is 2.76. The monoisotopic (exact) mass is 199 g/mol. The maximum atomic E-state index is 4.10. The molecule has 0 aliphatic carbocycles. The normalized spacial score (nSPS) is 10.5. The predicted octanol–water partition coefficient (Wildman–Crippen LogP) is 3.06. The molecule has 0 heterocycles. The van der Waals surface area contributed by atoms with Crippen LogP contribution in [0.4, 0.5) is 0 Å². The molecule has 15 heavy (non-hydrogen) atoms. The van der Waals surface area contributed by atoms with Gasteiger partial charge in [0.05, 0.1) is 0 Å². The molecular weight excluding hydrogens is 179 g/mol. The number of rotatable bonds is 4. The SMILES string of the molecule is C=C([B]c1cc(C)ccc1CC)C(C)C. The number of hydrogen-bond donors (Lipinski definition) is 0. The fourth-order valence-corrected chi connectivity index (χ4v) is 1.54. The van der Waals surface area contributed by atoms with Crippen molar-refractivity contribution in [2.24, 2.45) is 5.92 Å². The summed E-state index contributed by atoms with van der Waals surface area (Å²) < 4.78 is 0. The average molecular weight is 199 g/mol. The summed E-state index contributed by atoms with van der Waals surface area (Å²) in [5.41, 5.74) is 5.25. The molecule has 0 atom stereocenters. The molecule has 0 saturated heterocycles. The Bertz CT molecular complexity index is 350. The molecule has 0 bridgehead atoms. The number of allylic oxidation sites excluding steroid dienone is 1. The average Bonchev–Trinajstić information content (AvgIpc) is 2.18. The third-order valence-electron chi connectivity index (χ3n) is 2.76. The molecule has 0 N–H and O–H groups in total. The predicted molar refractivity (Wildman–Crippen MR) is 69.9 cm³/mol. The summed E-state index contributed by atoms with van der Waals surface area (Å²) in [6, 6.07) is 6.63. The van der Waals surface area contributed by atoms with Crippen LogP contribution in [-0.4, -0.2) is 7.28 Å². The fourth-order valence-electron chi connectivity index (χ4n) is 1.54. The number of aryl methyl sites for hydroxylation is 2. The highest BCUT2D eigenvalue weighted by atomic mass is 14.0. The molecule has 0 amide bonds. The Kier molecular flexibility index (Phi) is 4.20. The molecule has 1 aromatic rings. The first-order valence-corrected chi connectivity index (χ1v) is 5.67. The maximum absolute atomic E-state index is 4.10. The van der Waals surface area contributed by atoms with Gasteiger partial charge >= 0.3 is 0 Å². The van der Waals surface area contributed by atoms with Gasteiger partial charge in [0.2, 0.25) is 0 Å². The van der Waals surface area contributed by atoms with Gasteiger partial charge in [-0.3, -0.25) is 0 Å². The lowest BCUT2D eigenvalue weighted by atomic mass is 9.59. The van der Waals surface area contributed by atoms with Crippen molar-refractivity contribution in [3.63, 3.8) is 0 Å². The molecule has 1 rings (SSSR count). The fraction of sp³-hybridized carbons (Fsp3) is 0.429. The minimum atomic E-state index is 0.523. The van der Waals surface area contributed by atoms with Crippen LogP contribution in [0.2, 0.25) is 0 Å². The highest BCUT2D eigenvalue weighted by Gasteiger charge is 2.07. The zero-order valence-electron chi connectivity index (χ0n) is 10.3. The van der Waals surface area contributed by atoms with Gasteiger partial charge < -0.3 is 0 Å². The molecule has 79 valence electrons. The second-order valence-corrected chi connectivity index (χ2v) is 4.43. The van der Waals surface area contributed by atoms with Crippen molar-refractivity contribution in [1.82, 2.24) is 0 Å². The van der Waals surface area contributed by atoms with E-state index in [1.807, 2.05) is 0 Å². The molecule has 0 fully saturated rings. The molecule has 0 aromatic heterocycles. The zero-order valence-corrected chi connectivity index (χ0v) is 10.3. The van der Waals surface area contributed by atoms with E-state index in [-0.39, 0.29) is 0 Å². The van der Waals surface area contributed by atoms with E-state index in [1.54, 1.807) is 0 Å². The minimum absolute atomic E-state index is 0.523. The van der Waals surface area contributed by atoms with Crippen LogP contribution in [0.15, 0.2) is 30.3 Å². The molecule has 1 radical (unpaired) electrons. The van der Waals surface area contributed by atoms with Gasteiger partial charge in [-0.15, -0.1) is 12.1 Å². The Hall–Kier alpha value is -0.975. The highest BCUT2D eigenvalue weighted by Crippen LogP contribution is 2.07. The van der Waals surface area contributed by atoms with Crippen molar-refractivity contribution in [3.8, 4) is 0 Å². The summed E-state index contributed by atoms with van der Waals surface area (Å²) in [5.74, 6) is 0.523. The van der Waals surface area contributed by atoms with Crippen LogP contribution < -0.4 is 5.46 Å². The van der Waals surface area contributed by atoms with Crippen molar-refractivity contribution in [2.75, 3.05) is 0 Å². The Morgan fingerprint density at radius 3 is 2.60 bits per heavy atom. The lowest BCUT2D eigenvalue weighted by Crippen LogP contribution is -2.23. The number of hydrogen-bond acceptors (Lipinski definition) is 0. The Morgan fingerprint density at radius 2 is 2.07 bits per heavy atom. The van der Waals surface area contributed by atoms with Crippen molar-refractivity contribution < 1.29 is 0 Å². The quantitative estimate of drug-likeness (QED) is 0.653. The summed E-state index contributed by atoms with van der Waals surface area (Å²) in [6.45, 7) is 12.8. The van der Waals surface area contributed by atoms with Gasteiger partial charge in [0.1, 0.15) is 0 Å².